The van der Waals surface area contributed by atoms with Gasteiger partial charge in [0, 0.05) is 9.75 Å². The van der Waals surface area contributed by atoms with Crippen molar-refractivity contribution in [1.29, 1.82) is 0 Å². The second kappa shape index (κ2) is 4.89. The van der Waals surface area contributed by atoms with Crippen molar-refractivity contribution in [3.05, 3.63) is 33.0 Å². The number of nitrogens with zero attached hydrogens (tertiary/aromatic N) is 2. The van der Waals surface area contributed by atoms with Crippen molar-refractivity contribution in [1.82, 2.24) is 20.5 Å². The van der Waals surface area contributed by atoms with E-state index in [2.05, 4.69) is 40.4 Å². The molecule has 96 valence electrons. The summed E-state index contributed by atoms with van der Waals surface area (Å²) in [5.41, 5.74) is 1.15. The van der Waals surface area contributed by atoms with Crippen LogP contribution >= 0.6 is 11.3 Å². The second-order valence-electron chi connectivity index (χ2n) is 4.31. The smallest absolute Gasteiger partial charge is 0.291 e. The van der Waals surface area contributed by atoms with Crippen LogP contribution in [-0.4, -0.2) is 21.1 Å². The minimum Gasteiger partial charge on any atom is -0.343 e. The Morgan fingerprint density at radius 1 is 1.44 bits per heavy atom. The number of hydrogen-bond donors (Lipinski definition) is 2. The maximum absolute atomic E-state index is 11.9. The Bertz CT molecular complexity index is 572. The molecule has 1 unspecified atom stereocenters. The Kier molecular flexibility index (Phi) is 3.47. The van der Waals surface area contributed by atoms with Crippen molar-refractivity contribution in [2.24, 2.45) is 0 Å². The molecular formula is C12H16N4OS. The lowest BCUT2D eigenvalue weighted by Crippen LogP contribution is -2.27. The highest BCUT2D eigenvalue weighted by molar-refractivity contribution is 7.12. The van der Waals surface area contributed by atoms with Crippen LogP contribution in [0.1, 0.15) is 44.7 Å². The first-order chi connectivity index (χ1) is 8.47. The molecule has 2 rings (SSSR count). The number of aromatic amines is 1. The van der Waals surface area contributed by atoms with Crippen molar-refractivity contribution in [3.8, 4) is 0 Å². The van der Waals surface area contributed by atoms with Gasteiger partial charge in [0.25, 0.3) is 5.91 Å². The molecule has 0 bridgehead atoms. The van der Waals surface area contributed by atoms with Crippen LogP contribution in [0.15, 0.2) is 6.07 Å². The zero-order valence-corrected chi connectivity index (χ0v) is 11.7. The highest BCUT2D eigenvalue weighted by Crippen LogP contribution is 2.26. The van der Waals surface area contributed by atoms with Crippen LogP contribution in [0.4, 0.5) is 0 Å². The van der Waals surface area contributed by atoms with Crippen molar-refractivity contribution >= 4 is 17.2 Å². The minimum atomic E-state index is -0.255. The zero-order valence-electron chi connectivity index (χ0n) is 10.9. The van der Waals surface area contributed by atoms with Gasteiger partial charge in [0.05, 0.1) is 6.04 Å². The van der Waals surface area contributed by atoms with Gasteiger partial charge in [-0.3, -0.25) is 9.89 Å². The fourth-order valence-electron chi connectivity index (χ4n) is 1.86. The molecule has 0 aliphatic carbocycles. The Labute approximate surface area is 110 Å². The van der Waals surface area contributed by atoms with Crippen LogP contribution in [0.3, 0.4) is 0 Å². The van der Waals surface area contributed by atoms with Crippen molar-refractivity contribution in [3.63, 3.8) is 0 Å². The molecular weight excluding hydrogens is 248 g/mol. The molecule has 2 heterocycles. The quantitative estimate of drug-likeness (QED) is 0.893. The third-order valence-corrected chi connectivity index (χ3v) is 3.68. The number of H-pyrrole nitrogens is 1. The highest BCUT2D eigenvalue weighted by Gasteiger charge is 2.17. The average Bonchev–Trinajstić information content (AvgIpc) is 2.84. The Morgan fingerprint density at radius 3 is 2.67 bits per heavy atom. The molecule has 0 aliphatic heterocycles. The molecule has 0 saturated carbocycles. The number of rotatable bonds is 3. The highest BCUT2D eigenvalue weighted by atomic mass is 32.1. The minimum absolute atomic E-state index is 0.0405. The predicted octanol–water partition coefficient (Wildman–Crippen LogP) is 2.28. The third kappa shape index (κ3) is 2.59. The predicted molar refractivity (Wildman–Crippen MR) is 70.8 cm³/mol. The van der Waals surface area contributed by atoms with E-state index in [1.54, 1.807) is 18.3 Å². The van der Waals surface area contributed by atoms with Gasteiger partial charge in [-0.05, 0) is 39.3 Å². The monoisotopic (exact) mass is 264 g/mol. The van der Waals surface area contributed by atoms with E-state index in [1.807, 2.05) is 6.92 Å². The van der Waals surface area contributed by atoms with Gasteiger partial charge in [-0.1, -0.05) is 0 Å². The molecule has 1 amide bonds. The molecule has 6 heteroatoms. The maximum atomic E-state index is 11.9. The summed E-state index contributed by atoms with van der Waals surface area (Å²) in [5, 5.41) is 9.41. The van der Waals surface area contributed by atoms with Gasteiger partial charge < -0.3 is 5.32 Å². The maximum Gasteiger partial charge on any atom is 0.291 e. The van der Waals surface area contributed by atoms with Crippen LogP contribution in [0.5, 0.6) is 0 Å². The van der Waals surface area contributed by atoms with Crippen LogP contribution in [0.2, 0.25) is 0 Å². The van der Waals surface area contributed by atoms with Gasteiger partial charge in [0.1, 0.15) is 5.82 Å². The number of carbonyl (C=O) groups is 1. The summed E-state index contributed by atoms with van der Waals surface area (Å²) in [5.74, 6) is 0.564. The first kappa shape index (κ1) is 12.8. The molecule has 0 aromatic carbocycles. The first-order valence-electron chi connectivity index (χ1n) is 5.74. The molecule has 0 radical (unpaired) electrons. The van der Waals surface area contributed by atoms with Crippen LogP contribution in [-0.2, 0) is 0 Å². The molecule has 0 saturated heterocycles. The Morgan fingerprint density at radius 2 is 2.17 bits per heavy atom. The number of aryl methyl sites for hydroxylation is 3. The van der Waals surface area contributed by atoms with E-state index in [1.165, 1.54) is 9.75 Å². The molecule has 0 fully saturated rings. The molecule has 2 aromatic rings. The molecule has 1 atom stereocenters. The standard InChI is InChI=1S/C12H16N4OS/c1-6-5-10(8(3)18-6)7(2)13-12(17)11-14-9(4)15-16-11/h5,7H,1-4H3,(H,13,17)(H,14,15,16). The molecule has 18 heavy (non-hydrogen) atoms. The molecule has 0 aliphatic rings. The lowest BCUT2D eigenvalue weighted by Gasteiger charge is -2.12. The Balaban J connectivity index is 2.10. The van der Waals surface area contributed by atoms with Gasteiger partial charge in [-0.15, -0.1) is 16.4 Å². The number of hydrogen-bond acceptors (Lipinski definition) is 4. The largest absolute Gasteiger partial charge is 0.343 e. The van der Waals surface area contributed by atoms with Gasteiger partial charge in [-0.2, -0.15) is 0 Å². The first-order valence-corrected chi connectivity index (χ1v) is 6.56. The lowest BCUT2D eigenvalue weighted by atomic mass is 10.1. The third-order valence-electron chi connectivity index (χ3n) is 2.69. The number of nitrogens with one attached hydrogen (secondary N) is 2. The second-order valence-corrected chi connectivity index (χ2v) is 5.77. The number of amides is 1. The summed E-state index contributed by atoms with van der Waals surface area (Å²) >= 11 is 1.74. The van der Waals surface area contributed by atoms with E-state index in [9.17, 15) is 4.79 Å². The number of carbonyl (C=O) groups excluding carboxylic acids is 1. The summed E-state index contributed by atoms with van der Waals surface area (Å²) in [4.78, 5) is 18.4. The molecule has 2 aromatic heterocycles. The summed E-state index contributed by atoms with van der Waals surface area (Å²) in [7, 11) is 0. The Hall–Kier alpha value is -1.69. The summed E-state index contributed by atoms with van der Waals surface area (Å²) in [6.07, 6.45) is 0. The van der Waals surface area contributed by atoms with E-state index in [0.717, 1.165) is 5.56 Å². The topological polar surface area (TPSA) is 70.7 Å². The van der Waals surface area contributed by atoms with Crippen molar-refractivity contribution < 1.29 is 4.79 Å². The van der Waals surface area contributed by atoms with Crippen LogP contribution in [0.25, 0.3) is 0 Å². The lowest BCUT2D eigenvalue weighted by molar-refractivity contribution is 0.0929. The van der Waals surface area contributed by atoms with Gasteiger partial charge in [-0.25, -0.2) is 4.98 Å². The average molecular weight is 264 g/mol. The van der Waals surface area contributed by atoms with E-state index >= 15 is 0 Å². The molecule has 0 spiro atoms. The fourth-order valence-corrected chi connectivity index (χ4v) is 2.89. The number of aromatic nitrogens is 3. The van der Waals surface area contributed by atoms with Crippen molar-refractivity contribution in [2.45, 2.75) is 33.7 Å². The van der Waals surface area contributed by atoms with E-state index < -0.39 is 0 Å². The SMILES string of the molecule is Cc1nc(C(=O)NC(C)c2cc(C)sc2C)n[nH]1. The van der Waals surface area contributed by atoms with E-state index in [-0.39, 0.29) is 17.8 Å². The van der Waals surface area contributed by atoms with E-state index in [0.29, 0.717) is 5.82 Å². The normalized spacial score (nSPS) is 12.4. The summed E-state index contributed by atoms with van der Waals surface area (Å²) in [6.45, 7) is 7.85. The van der Waals surface area contributed by atoms with Crippen LogP contribution < -0.4 is 5.32 Å². The summed E-state index contributed by atoms with van der Waals surface area (Å²) < 4.78 is 0. The van der Waals surface area contributed by atoms with Crippen molar-refractivity contribution in [2.75, 3.05) is 0 Å². The summed E-state index contributed by atoms with van der Waals surface area (Å²) in [6, 6.07) is 2.06. The van der Waals surface area contributed by atoms with Gasteiger partial charge >= 0.3 is 0 Å². The number of thiophene rings is 1. The van der Waals surface area contributed by atoms with Gasteiger partial charge in [0.2, 0.25) is 5.82 Å². The van der Waals surface area contributed by atoms with Crippen LogP contribution in [0, 0.1) is 20.8 Å². The van der Waals surface area contributed by atoms with E-state index in [4.69, 9.17) is 0 Å². The molecule has 2 N–H and O–H groups in total. The fraction of sp³-hybridized carbons (Fsp3) is 0.417. The zero-order chi connectivity index (χ0) is 13.3. The van der Waals surface area contributed by atoms with Gasteiger partial charge in [0.15, 0.2) is 0 Å². The molecule has 5 nitrogen and oxygen atoms in total.